The maximum Gasteiger partial charge on any atom is 0.227 e. The van der Waals surface area contributed by atoms with E-state index in [0.717, 1.165) is 24.3 Å². The second-order valence-corrected chi connectivity index (χ2v) is 7.44. The van der Waals surface area contributed by atoms with Crippen molar-refractivity contribution in [2.24, 2.45) is 4.99 Å². The van der Waals surface area contributed by atoms with Gasteiger partial charge in [0.15, 0.2) is 11.6 Å². The van der Waals surface area contributed by atoms with Gasteiger partial charge in [-0.25, -0.2) is 14.9 Å². The molecule has 146 valence electrons. The number of carbonyl (C=O) groups is 1. The molecule has 1 amide bonds. The zero-order valence-corrected chi connectivity index (χ0v) is 16.5. The van der Waals surface area contributed by atoms with Gasteiger partial charge in [-0.3, -0.25) is 4.79 Å². The number of aliphatic imine (C=N–C) groups is 1. The van der Waals surface area contributed by atoms with Crippen LogP contribution in [0.25, 0.3) is 0 Å². The van der Waals surface area contributed by atoms with Crippen molar-refractivity contribution < 1.29 is 14.4 Å². The summed E-state index contributed by atoms with van der Waals surface area (Å²) >= 11 is 0. The average Bonchev–Trinajstić information content (AvgIpc) is 3.01. The maximum absolute atomic E-state index is 13.0. The minimum absolute atomic E-state index is 0.0565. The van der Waals surface area contributed by atoms with Crippen molar-refractivity contribution in [3.05, 3.63) is 65.2 Å². The van der Waals surface area contributed by atoms with Crippen LogP contribution in [0.1, 0.15) is 30.0 Å². The van der Waals surface area contributed by atoms with Gasteiger partial charge in [0.1, 0.15) is 5.75 Å². The molecule has 2 aromatic rings. The lowest BCUT2D eigenvalue weighted by atomic mass is 9.99. The van der Waals surface area contributed by atoms with Crippen LogP contribution >= 0.6 is 0 Å². The molecule has 0 bridgehead atoms. The van der Waals surface area contributed by atoms with E-state index < -0.39 is 5.72 Å². The number of amides is 1. The van der Waals surface area contributed by atoms with Crippen LogP contribution in [0.3, 0.4) is 0 Å². The van der Waals surface area contributed by atoms with Gasteiger partial charge in [0.05, 0.1) is 13.5 Å². The molecule has 6 heteroatoms. The Balaban J connectivity index is 1.50. The number of carbonyl (C=O) groups excluding carboxylic acids is 1. The van der Waals surface area contributed by atoms with E-state index in [2.05, 4.69) is 12.1 Å². The Kier molecular flexibility index (Phi) is 4.81. The van der Waals surface area contributed by atoms with E-state index in [1.807, 2.05) is 55.3 Å². The summed E-state index contributed by atoms with van der Waals surface area (Å²) in [6.45, 7) is 3.23. The highest BCUT2D eigenvalue weighted by Crippen LogP contribution is 2.30. The Bertz CT molecular complexity index is 927. The largest absolute Gasteiger partial charge is 0.497 e. The first-order chi connectivity index (χ1) is 13.5. The molecule has 0 fully saturated rings. The summed E-state index contributed by atoms with van der Waals surface area (Å²) in [7, 11) is 3.44. The van der Waals surface area contributed by atoms with Crippen molar-refractivity contribution >= 4 is 11.7 Å². The molecule has 2 heterocycles. The van der Waals surface area contributed by atoms with Crippen LogP contribution in [-0.2, 0) is 22.6 Å². The Morgan fingerprint density at radius 1 is 1.21 bits per heavy atom. The second-order valence-electron chi connectivity index (χ2n) is 7.44. The van der Waals surface area contributed by atoms with E-state index in [9.17, 15) is 4.79 Å². The van der Waals surface area contributed by atoms with E-state index in [1.54, 1.807) is 12.2 Å². The van der Waals surface area contributed by atoms with E-state index in [-0.39, 0.29) is 12.3 Å². The lowest BCUT2D eigenvalue weighted by Gasteiger charge is -2.31. The number of amidine groups is 1. The van der Waals surface area contributed by atoms with Gasteiger partial charge in [-0.05, 0) is 36.6 Å². The van der Waals surface area contributed by atoms with E-state index in [1.165, 1.54) is 11.1 Å². The fourth-order valence-electron chi connectivity index (χ4n) is 3.83. The zero-order chi connectivity index (χ0) is 19.7. The zero-order valence-electron chi connectivity index (χ0n) is 16.5. The first-order valence-electron chi connectivity index (χ1n) is 9.49. The molecular formula is C22H25N3O3. The molecule has 28 heavy (non-hydrogen) atoms. The van der Waals surface area contributed by atoms with Crippen molar-refractivity contribution in [2.75, 3.05) is 20.7 Å². The average molecular weight is 379 g/mol. The third kappa shape index (κ3) is 3.60. The number of fused-ring (bicyclic) bond motifs is 1. The smallest absolute Gasteiger partial charge is 0.227 e. The maximum atomic E-state index is 13.0. The summed E-state index contributed by atoms with van der Waals surface area (Å²) in [5, 5.41) is 1.63. The van der Waals surface area contributed by atoms with Crippen LogP contribution in [0.2, 0.25) is 0 Å². The highest BCUT2D eigenvalue weighted by Gasteiger charge is 2.39. The summed E-state index contributed by atoms with van der Waals surface area (Å²) in [5.41, 5.74) is 2.52. The molecule has 0 spiro atoms. The lowest BCUT2D eigenvalue weighted by Crippen LogP contribution is -2.40. The molecule has 2 aromatic carbocycles. The third-order valence-electron chi connectivity index (χ3n) is 5.26. The number of benzene rings is 2. The standard InChI is InChI=1S/C22H25N3O3/c1-22(14-20(26)25-12-11-16-7-4-5-8-18(16)15-25)23-21(24(2)28-22)17-9-6-10-19(13-17)27-3/h4-10,13H,11-12,14-15H2,1-3H3. The van der Waals surface area contributed by atoms with Crippen molar-refractivity contribution in [1.82, 2.24) is 9.96 Å². The molecule has 1 unspecified atom stereocenters. The van der Waals surface area contributed by atoms with Gasteiger partial charge >= 0.3 is 0 Å². The Labute approximate surface area is 165 Å². The quantitative estimate of drug-likeness (QED) is 0.820. The number of rotatable bonds is 4. The summed E-state index contributed by atoms with van der Waals surface area (Å²) in [4.78, 5) is 25.6. The van der Waals surface area contributed by atoms with Gasteiger partial charge in [-0.2, -0.15) is 0 Å². The molecule has 6 nitrogen and oxygen atoms in total. The van der Waals surface area contributed by atoms with Crippen molar-refractivity contribution in [1.29, 1.82) is 0 Å². The molecule has 0 radical (unpaired) electrons. The number of hydroxylamine groups is 2. The molecule has 0 N–H and O–H groups in total. The van der Waals surface area contributed by atoms with Crippen LogP contribution in [0.5, 0.6) is 5.75 Å². The SMILES string of the molecule is COc1cccc(C2=NC(C)(CC(=O)N3CCc4ccccc4C3)ON2C)c1. The summed E-state index contributed by atoms with van der Waals surface area (Å²) in [6.07, 6.45) is 1.09. The Morgan fingerprint density at radius 2 is 2.00 bits per heavy atom. The number of hydrogen-bond acceptors (Lipinski definition) is 5. The van der Waals surface area contributed by atoms with E-state index >= 15 is 0 Å². The molecular weight excluding hydrogens is 354 g/mol. The first-order valence-corrected chi connectivity index (χ1v) is 9.49. The van der Waals surface area contributed by atoms with Gasteiger partial charge in [0.2, 0.25) is 5.91 Å². The van der Waals surface area contributed by atoms with Gasteiger partial charge in [0.25, 0.3) is 0 Å². The normalized spacial score (nSPS) is 21.3. The van der Waals surface area contributed by atoms with Crippen molar-refractivity contribution in [3.63, 3.8) is 0 Å². The molecule has 0 saturated heterocycles. The monoisotopic (exact) mass is 379 g/mol. The minimum atomic E-state index is -0.915. The van der Waals surface area contributed by atoms with Crippen LogP contribution in [0.15, 0.2) is 53.5 Å². The van der Waals surface area contributed by atoms with Gasteiger partial charge < -0.3 is 9.64 Å². The van der Waals surface area contributed by atoms with E-state index in [4.69, 9.17) is 14.6 Å². The highest BCUT2D eigenvalue weighted by atomic mass is 16.7. The van der Waals surface area contributed by atoms with Gasteiger partial charge in [-0.1, -0.05) is 36.4 Å². The molecule has 0 aliphatic carbocycles. The molecule has 0 saturated carbocycles. The van der Waals surface area contributed by atoms with Crippen molar-refractivity contribution in [2.45, 2.75) is 32.0 Å². The van der Waals surface area contributed by atoms with Crippen LogP contribution in [0, 0.1) is 0 Å². The van der Waals surface area contributed by atoms with Crippen molar-refractivity contribution in [3.8, 4) is 5.75 Å². The minimum Gasteiger partial charge on any atom is -0.497 e. The van der Waals surface area contributed by atoms with Gasteiger partial charge in [0, 0.05) is 25.7 Å². The van der Waals surface area contributed by atoms with Crippen LogP contribution in [-0.4, -0.2) is 48.1 Å². The summed E-state index contributed by atoms with van der Waals surface area (Å²) < 4.78 is 5.30. The van der Waals surface area contributed by atoms with Crippen LogP contribution < -0.4 is 4.74 Å². The third-order valence-corrected chi connectivity index (χ3v) is 5.26. The predicted molar refractivity (Wildman–Crippen MR) is 107 cm³/mol. The highest BCUT2D eigenvalue weighted by molar-refractivity contribution is 5.99. The Hall–Kier alpha value is -2.86. The molecule has 4 rings (SSSR count). The topological polar surface area (TPSA) is 54.4 Å². The molecule has 1 atom stereocenters. The molecule has 2 aliphatic rings. The second kappa shape index (κ2) is 7.28. The van der Waals surface area contributed by atoms with Gasteiger partial charge in [-0.15, -0.1) is 0 Å². The number of methoxy groups -OCH3 is 1. The molecule has 2 aliphatic heterocycles. The fourth-order valence-corrected chi connectivity index (χ4v) is 3.83. The lowest BCUT2D eigenvalue weighted by molar-refractivity contribution is -0.170. The predicted octanol–water partition coefficient (Wildman–Crippen LogP) is 3.01. The fraction of sp³-hybridized carbons (Fsp3) is 0.364. The van der Waals surface area contributed by atoms with E-state index in [0.29, 0.717) is 12.4 Å². The first kappa shape index (κ1) is 18.5. The number of nitrogens with zero attached hydrogens (tertiary/aromatic N) is 3. The van der Waals surface area contributed by atoms with Crippen LogP contribution in [0.4, 0.5) is 0 Å². The number of ether oxygens (including phenoxy) is 1. The summed E-state index contributed by atoms with van der Waals surface area (Å²) in [6, 6.07) is 16.0. The Morgan fingerprint density at radius 3 is 2.79 bits per heavy atom. The molecule has 0 aromatic heterocycles. The number of hydrogen-bond donors (Lipinski definition) is 0. The summed E-state index contributed by atoms with van der Waals surface area (Å²) in [5.74, 6) is 1.50.